The first-order valence-electron chi connectivity index (χ1n) is 27.3. The van der Waals surface area contributed by atoms with Crippen LogP contribution in [0.3, 0.4) is 0 Å². The maximum Gasteiger partial charge on any atom is 0.164 e. The third-order valence-corrected chi connectivity index (χ3v) is 15.7. The fraction of sp³-hybridized carbons (Fsp3) is 0. The predicted octanol–water partition coefficient (Wildman–Crippen LogP) is 18.0. The van der Waals surface area contributed by atoms with Crippen LogP contribution in [0.25, 0.3) is 151 Å². The molecular formula is C73H46N8. The lowest BCUT2D eigenvalue weighted by Gasteiger charge is -2.17. The smallest absolute Gasteiger partial charge is 0.164 e. The molecular weight excluding hydrogens is 989 g/mol. The van der Waals surface area contributed by atoms with E-state index in [9.17, 15) is 0 Å². The van der Waals surface area contributed by atoms with Gasteiger partial charge in [0.1, 0.15) is 0 Å². The number of para-hydroxylation sites is 6. The minimum absolute atomic E-state index is 0.605. The number of benzene rings is 11. The molecule has 0 saturated heterocycles. The summed E-state index contributed by atoms with van der Waals surface area (Å²) in [5.74, 6) is 2.47. The SMILES string of the molecule is c1ccc(-c2cc(-c3ccccc3-n3c4ccccc4c4cc(-c5nc(-c6ccccc6)nc(-c6ccccc6)n5)ccc43)nc(-c3ccccc3-n3c4ccccc4c4c5c6ccccc6n(-c6ccccc6)c5ccc43)n2)cc1. The molecule has 0 aliphatic heterocycles. The van der Waals surface area contributed by atoms with Gasteiger partial charge in [-0.1, -0.05) is 194 Å². The molecule has 0 bridgehead atoms. The van der Waals surface area contributed by atoms with Gasteiger partial charge in [0.2, 0.25) is 0 Å². The summed E-state index contributed by atoms with van der Waals surface area (Å²) in [6.07, 6.45) is 0. The Balaban J connectivity index is 0.885. The summed E-state index contributed by atoms with van der Waals surface area (Å²) in [6.45, 7) is 0. The van der Waals surface area contributed by atoms with E-state index >= 15 is 0 Å². The molecule has 16 rings (SSSR count). The molecule has 16 aromatic rings. The normalized spacial score (nSPS) is 11.7. The quantitative estimate of drug-likeness (QED) is 0.144. The van der Waals surface area contributed by atoms with E-state index in [-0.39, 0.29) is 0 Å². The van der Waals surface area contributed by atoms with Crippen molar-refractivity contribution in [3.63, 3.8) is 0 Å². The maximum absolute atomic E-state index is 5.65. The number of aromatic nitrogens is 8. The molecule has 5 heterocycles. The van der Waals surface area contributed by atoms with E-state index in [1.807, 2.05) is 66.7 Å². The van der Waals surface area contributed by atoms with E-state index in [0.29, 0.717) is 23.3 Å². The van der Waals surface area contributed by atoms with Crippen LogP contribution in [0.15, 0.2) is 279 Å². The van der Waals surface area contributed by atoms with Gasteiger partial charge in [-0.3, -0.25) is 0 Å². The molecule has 81 heavy (non-hydrogen) atoms. The minimum Gasteiger partial charge on any atom is -0.309 e. The minimum atomic E-state index is 0.605. The van der Waals surface area contributed by atoms with Crippen LogP contribution in [0.1, 0.15) is 0 Å². The fourth-order valence-electron chi connectivity index (χ4n) is 12.1. The van der Waals surface area contributed by atoms with Crippen LogP contribution < -0.4 is 0 Å². The van der Waals surface area contributed by atoms with Crippen LogP contribution in [0.4, 0.5) is 0 Å². The van der Waals surface area contributed by atoms with E-state index in [1.165, 1.54) is 27.1 Å². The lowest BCUT2D eigenvalue weighted by molar-refractivity contribution is 1.07. The van der Waals surface area contributed by atoms with Gasteiger partial charge in [0.15, 0.2) is 23.3 Å². The first-order chi connectivity index (χ1) is 40.2. The first kappa shape index (κ1) is 46.0. The summed E-state index contributed by atoms with van der Waals surface area (Å²) in [7, 11) is 0. The largest absolute Gasteiger partial charge is 0.309 e. The number of nitrogens with zero attached hydrogens (tertiary/aromatic N) is 8. The Morgan fingerprint density at radius 3 is 1.25 bits per heavy atom. The fourth-order valence-corrected chi connectivity index (χ4v) is 12.1. The van der Waals surface area contributed by atoms with Crippen LogP contribution in [0, 0.1) is 0 Å². The molecule has 5 aromatic heterocycles. The lowest BCUT2D eigenvalue weighted by atomic mass is 10.0. The molecule has 378 valence electrons. The number of hydrogen-bond acceptors (Lipinski definition) is 5. The van der Waals surface area contributed by atoms with Gasteiger partial charge in [-0.05, 0) is 84.9 Å². The highest BCUT2D eigenvalue weighted by molar-refractivity contribution is 6.29. The second kappa shape index (κ2) is 18.8. The Morgan fingerprint density at radius 2 is 0.630 bits per heavy atom. The van der Waals surface area contributed by atoms with Gasteiger partial charge in [-0.15, -0.1) is 0 Å². The Kier molecular flexibility index (Phi) is 10.7. The zero-order chi connectivity index (χ0) is 53.4. The van der Waals surface area contributed by atoms with Gasteiger partial charge in [0.05, 0.1) is 55.9 Å². The van der Waals surface area contributed by atoms with Crippen molar-refractivity contribution in [2.45, 2.75) is 0 Å². The van der Waals surface area contributed by atoms with Crippen LogP contribution in [-0.2, 0) is 0 Å². The third kappa shape index (κ3) is 7.57. The van der Waals surface area contributed by atoms with Crippen molar-refractivity contribution in [2.75, 3.05) is 0 Å². The van der Waals surface area contributed by atoms with Crippen molar-refractivity contribution in [1.82, 2.24) is 38.6 Å². The third-order valence-electron chi connectivity index (χ3n) is 15.7. The zero-order valence-corrected chi connectivity index (χ0v) is 43.6. The summed E-state index contributed by atoms with van der Waals surface area (Å²) in [5, 5.41) is 7.01. The van der Waals surface area contributed by atoms with Crippen molar-refractivity contribution >= 4 is 65.4 Å². The molecule has 0 saturated carbocycles. The molecule has 0 aliphatic carbocycles. The van der Waals surface area contributed by atoms with Gasteiger partial charge in [-0.25, -0.2) is 24.9 Å². The van der Waals surface area contributed by atoms with Crippen LogP contribution in [0.5, 0.6) is 0 Å². The van der Waals surface area contributed by atoms with Gasteiger partial charge >= 0.3 is 0 Å². The monoisotopic (exact) mass is 1030 g/mol. The van der Waals surface area contributed by atoms with Gasteiger partial charge in [0, 0.05) is 71.4 Å². The Labute approximate surface area is 465 Å². The van der Waals surface area contributed by atoms with Crippen LogP contribution in [0.2, 0.25) is 0 Å². The molecule has 8 heteroatoms. The Bertz CT molecular complexity index is 5040. The molecule has 0 spiro atoms. The molecule has 8 nitrogen and oxygen atoms in total. The Morgan fingerprint density at radius 1 is 0.222 bits per heavy atom. The highest BCUT2D eigenvalue weighted by Crippen LogP contribution is 2.45. The van der Waals surface area contributed by atoms with Crippen LogP contribution in [-0.4, -0.2) is 38.6 Å². The highest BCUT2D eigenvalue weighted by atomic mass is 15.0. The first-order valence-corrected chi connectivity index (χ1v) is 27.3. The maximum atomic E-state index is 5.65. The van der Waals surface area contributed by atoms with Crippen LogP contribution >= 0.6 is 0 Å². The van der Waals surface area contributed by atoms with E-state index in [0.717, 1.165) is 100 Å². The van der Waals surface area contributed by atoms with Crippen molar-refractivity contribution in [3.8, 4) is 85.1 Å². The molecule has 0 unspecified atom stereocenters. The molecule has 0 aliphatic rings. The van der Waals surface area contributed by atoms with Crippen molar-refractivity contribution in [3.05, 3.63) is 279 Å². The van der Waals surface area contributed by atoms with Gasteiger partial charge < -0.3 is 13.7 Å². The topological polar surface area (TPSA) is 79.2 Å². The highest BCUT2D eigenvalue weighted by Gasteiger charge is 2.24. The molecule has 0 radical (unpaired) electrons. The second-order valence-electron chi connectivity index (χ2n) is 20.4. The van der Waals surface area contributed by atoms with Gasteiger partial charge in [0.25, 0.3) is 0 Å². The average Bonchev–Trinajstić information content (AvgIpc) is 4.41. The zero-order valence-electron chi connectivity index (χ0n) is 43.6. The summed E-state index contributed by atoms with van der Waals surface area (Å²) in [4.78, 5) is 26.3. The van der Waals surface area contributed by atoms with E-state index in [4.69, 9.17) is 24.9 Å². The summed E-state index contributed by atoms with van der Waals surface area (Å²) in [6, 6.07) is 98.0. The number of rotatable bonds is 9. The average molecular weight is 1040 g/mol. The van der Waals surface area contributed by atoms with Crippen molar-refractivity contribution in [1.29, 1.82) is 0 Å². The summed E-state index contributed by atoms with van der Waals surface area (Å²) < 4.78 is 7.17. The molecule has 0 atom stereocenters. The van der Waals surface area contributed by atoms with Crippen molar-refractivity contribution < 1.29 is 0 Å². The van der Waals surface area contributed by atoms with E-state index < -0.39 is 0 Å². The lowest BCUT2D eigenvalue weighted by Crippen LogP contribution is -2.03. The molecule has 11 aromatic carbocycles. The molecule has 0 fully saturated rings. The van der Waals surface area contributed by atoms with E-state index in [1.54, 1.807) is 0 Å². The number of fused-ring (bicyclic) bond motifs is 10. The van der Waals surface area contributed by atoms with Gasteiger partial charge in [-0.2, -0.15) is 0 Å². The standard InChI is InChI=1S/C73H46N8/c1-5-23-47(24-6-1)58-46-59(75-73(74-58)56-35-17-22-40-64(56)81-63-39-21-16-34-55(63)69-67(81)44-43-66-68(69)54-33-15-20-38-62(54)79(66)51-29-11-4-12-30-51)53-32-14-19-37-61(53)80-60-36-18-13-31-52(60)57-45-50(41-42-65(57)80)72-77-70(48-25-7-2-8-26-48)76-71(78-72)49-27-9-3-10-28-49/h1-46H. The predicted molar refractivity (Wildman–Crippen MR) is 331 cm³/mol. The second-order valence-corrected chi connectivity index (χ2v) is 20.4. The van der Waals surface area contributed by atoms with E-state index in [2.05, 4.69) is 226 Å². The molecule has 0 N–H and O–H groups in total. The number of hydrogen-bond donors (Lipinski definition) is 0. The summed E-state index contributed by atoms with van der Waals surface area (Å²) >= 11 is 0. The Hall–Kier alpha value is -11.1. The van der Waals surface area contributed by atoms with Crippen molar-refractivity contribution in [2.24, 2.45) is 0 Å². The molecule has 0 amide bonds. The summed E-state index contributed by atoms with van der Waals surface area (Å²) in [5.41, 5.74) is 17.0.